The second-order valence-corrected chi connectivity index (χ2v) is 5.77. The smallest absolute Gasteiger partial charge is 0.324 e. The molecule has 6 nitrogen and oxygen atoms in total. The molecule has 0 spiro atoms. The zero-order valence-corrected chi connectivity index (χ0v) is 10.1. The molecule has 4 aliphatic rings. The molecule has 0 aromatic heterocycles. The molecule has 3 saturated carbocycles. The molecule has 4 rings (SSSR count). The third-order valence-electron chi connectivity index (χ3n) is 4.71. The van der Waals surface area contributed by atoms with Gasteiger partial charge in [0.2, 0.25) is 5.91 Å². The van der Waals surface area contributed by atoms with Crippen LogP contribution in [-0.4, -0.2) is 40.0 Å². The maximum absolute atomic E-state index is 11.9. The summed E-state index contributed by atoms with van der Waals surface area (Å²) in [6.07, 6.45) is 3.79. The number of fused-ring (bicyclic) bond motifs is 2. The highest BCUT2D eigenvalue weighted by Gasteiger charge is 2.64. The zero-order chi connectivity index (χ0) is 13.0. The minimum absolute atomic E-state index is 0.243. The van der Waals surface area contributed by atoms with Crippen molar-refractivity contribution in [2.45, 2.75) is 44.1 Å². The van der Waals surface area contributed by atoms with Crippen LogP contribution in [-0.2, 0) is 9.59 Å². The van der Waals surface area contributed by atoms with E-state index in [0.29, 0.717) is 32.2 Å². The van der Waals surface area contributed by atoms with Crippen molar-refractivity contribution >= 4 is 17.9 Å². The Bertz CT molecular complexity index is 439. The molecule has 0 aromatic rings. The van der Waals surface area contributed by atoms with Crippen molar-refractivity contribution in [3.05, 3.63) is 0 Å². The van der Waals surface area contributed by atoms with Crippen LogP contribution in [0.5, 0.6) is 0 Å². The molecule has 3 aliphatic carbocycles. The van der Waals surface area contributed by atoms with Crippen LogP contribution in [0.25, 0.3) is 0 Å². The van der Waals surface area contributed by atoms with Crippen molar-refractivity contribution in [1.82, 2.24) is 10.2 Å². The highest BCUT2D eigenvalue weighted by atomic mass is 16.4. The van der Waals surface area contributed by atoms with Gasteiger partial charge in [0, 0.05) is 18.5 Å². The van der Waals surface area contributed by atoms with Gasteiger partial charge in [0.05, 0.1) is 5.41 Å². The van der Waals surface area contributed by atoms with Crippen molar-refractivity contribution in [3.63, 3.8) is 0 Å². The van der Waals surface area contributed by atoms with Crippen LogP contribution in [0.3, 0.4) is 0 Å². The third kappa shape index (κ3) is 1.38. The summed E-state index contributed by atoms with van der Waals surface area (Å²) in [6.45, 7) is 0.417. The number of imide groups is 1. The van der Waals surface area contributed by atoms with E-state index in [1.165, 1.54) is 0 Å². The Kier molecular flexibility index (Phi) is 2.21. The number of urea groups is 1. The van der Waals surface area contributed by atoms with Crippen LogP contribution < -0.4 is 5.32 Å². The second kappa shape index (κ2) is 3.46. The van der Waals surface area contributed by atoms with Crippen molar-refractivity contribution in [2.75, 3.05) is 6.54 Å². The predicted molar refractivity (Wildman–Crippen MR) is 60.7 cm³/mol. The van der Waals surface area contributed by atoms with Crippen LogP contribution in [0.4, 0.5) is 4.79 Å². The Labute approximate surface area is 104 Å². The van der Waals surface area contributed by atoms with Crippen molar-refractivity contribution in [3.8, 4) is 0 Å². The summed E-state index contributed by atoms with van der Waals surface area (Å²) in [5.41, 5.74) is -0.943. The third-order valence-corrected chi connectivity index (χ3v) is 4.71. The molecule has 2 bridgehead atoms. The lowest BCUT2D eigenvalue weighted by molar-refractivity contribution is -0.178. The molecule has 1 heterocycles. The summed E-state index contributed by atoms with van der Waals surface area (Å²) in [4.78, 5) is 36.0. The largest absolute Gasteiger partial charge is 0.481 e. The lowest BCUT2D eigenvalue weighted by atomic mass is 9.49. The van der Waals surface area contributed by atoms with Gasteiger partial charge >= 0.3 is 12.0 Å². The molecule has 2 N–H and O–H groups in total. The van der Waals surface area contributed by atoms with Crippen LogP contribution in [0, 0.1) is 5.41 Å². The van der Waals surface area contributed by atoms with Crippen LogP contribution in [0.15, 0.2) is 0 Å². The predicted octanol–water partition coefficient (Wildman–Crippen LogP) is 0.716. The molecule has 4 fully saturated rings. The number of carbonyl (C=O) groups excluding carboxylic acids is 2. The number of hydrogen-bond donors (Lipinski definition) is 2. The van der Waals surface area contributed by atoms with E-state index in [9.17, 15) is 19.5 Å². The number of carboxylic acid groups (broad SMARTS) is 1. The molecule has 1 saturated heterocycles. The van der Waals surface area contributed by atoms with Crippen LogP contribution in [0.1, 0.15) is 38.5 Å². The molecule has 3 amide bonds. The Hall–Kier alpha value is -1.59. The lowest BCUT2D eigenvalue weighted by Crippen LogP contribution is -2.70. The lowest BCUT2D eigenvalue weighted by Gasteiger charge is -2.62. The van der Waals surface area contributed by atoms with Gasteiger partial charge in [-0.05, 0) is 32.1 Å². The molecular weight excluding hydrogens is 236 g/mol. The average Bonchev–Trinajstić information content (AvgIpc) is 2.27. The maximum Gasteiger partial charge on any atom is 0.324 e. The molecule has 1 aliphatic heterocycles. The minimum Gasteiger partial charge on any atom is -0.481 e. The Morgan fingerprint density at radius 3 is 2.61 bits per heavy atom. The number of nitrogens with one attached hydrogen (secondary N) is 1. The summed E-state index contributed by atoms with van der Waals surface area (Å²) in [7, 11) is 0. The SMILES string of the molecule is O=C1CCN(C23CCCC(C(=O)O)(C2)C3)C(=O)N1. The number of aliphatic carboxylic acids is 1. The van der Waals surface area contributed by atoms with E-state index in [-0.39, 0.29) is 17.5 Å². The molecule has 18 heavy (non-hydrogen) atoms. The van der Waals surface area contributed by atoms with Gasteiger partial charge in [0.25, 0.3) is 0 Å². The van der Waals surface area contributed by atoms with Gasteiger partial charge in [0.15, 0.2) is 0 Å². The second-order valence-electron chi connectivity index (χ2n) is 5.77. The molecule has 0 aromatic carbocycles. The topological polar surface area (TPSA) is 86.7 Å². The summed E-state index contributed by atoms with van der Waals surface area (Å²) in [5, 5.41) is 11.6. The molecular formula is C12H16N2O4. The number of hydrogen-bond acceptors (Lipinski definition) is 3. The van der Waals surface area contributed by atoms with Crippen LogP contribution >= 0.6 is 0 Å². The zero-order valence-electron chi connectivity index (χ0n) is 10.1. The standard InChI is InChI=1S/C12H16N2O4/c15-8-2-5-14(10(18)13-8)12-4-1-3-11(6-12,7-12)9(16)17/h1-7H2,(H,16,17)(H,13,15,18). The van der Waals surface area contributed by atoms with Gasteiger partial charge in [-0.25, -0.2) is 4.79 Å². The average molecular weight is 252 g/mol. The number of rotatable bonds is 2. The number of carboxylic acids is 1. The van der Waals surface area contributed by atoms with E-state index in [0.717, 1.165) is 12.8 Å². The van der Waals surface area contributed by atoms with Crippen molar-refractivity contribution in [1.29, 1.82) is 0 Å². The van der Waals surface area contributed by atoms with Gasteiger partial charge in [-0.15, -0.1) is 0 Å². The first-order chi connectivity index (χ1) is 8.47. The monoisotopic (exact) mass is 252 g/mol. The van der Waals surface area contributed by atoms with Gasteiger partial charge in [-0.1, -0.05) is 0 Å². The fourth-order valence-electron chi connectivity index (χ4n) is 3.92. The number of nitrogens with zero attached hydrogens (tertiary/aromatic N) is 1. The molecule has 0 radical (unpaired) electrons. The first kappa shape index (κ1) is 11.5. The van der Waals surface area contributed by atoms with Crippen molar-refractivity contribution in [2.24, 2.45) is 5.41 Å². The van der Waals surface area contributed by atoms with Gasteiger partial charge in [0.1, 0.15) is 0 Å². The number of carbonyl (C=O) groups is 3. The first-order valence-electron chi connectivity index (χ1n) is 6.32. The summed E-state index contributed by atoms with van der Waals surface area (Å²) >= 11 is 0. The molecule has 98 valence electrons. The fraction of sp³-hybridized carbons (Fsp3) is 0.750. The van der Waals surface area contributed by atoms with Gasteiger partial charge < -0.3 is 10.0 Å². The normalized spacial score (nSPS) is 39.0. The van der Waals surface area contributed by atoms with Crippen LogP contribution in [0.2, 0.25) is 0 Å². The Balaban J connectivity index is 1.80. The fourth-order valence-corrected chi connectivity index (χ4v) is 3.92. The van der Waals surface area contributed by atoms with E-state index in [2.05, 4.69) is 5.32 Å². The van der Waals surface area contributed by atoms with E-state index >= 15 is 0 Å². The van der Waals surface area contributed by atoms with Crippen molar-refractivity contribution < 1.29 is 19.5 Å². The Morgan fingerprint density at radius 2 is 2.00 bits per heavy atom. The van der Waals surface area contributed by atoms with E-state index in [1.54, 1.807) is 4.90 Å². The van der Waals surface area contributed by atoms with Gasteiger partial charge in [-0.2, -0.15) is 0 Å². The van der Waals surface area contributed by atoms with E-state index < -0.39 is 11.4 Å². The highest BCUT2D eigenvalue weighted by Crippen LogP contribution is 2.61. The summed E-state index contributed by atoms with van der Waals surface area (Å²) in [6, 6.07) is -0.355. The Morgan fingerprint density at radius 1 is 1.28 bits per heavy atom. The van der Waals surface area contributed by atoms with Gasteiger partial charge in [-0.3, -0.25) is 14.9 Å². The molecule has 0 unspecified atom stereocenters. The number of amides is 3. The highest BCUT2D eigenvalue weighted by molar-refractivity contribution is 5.97. The maximum atomic E-state index is 11.9. The van der Waals surface area contributed by atoms with E-state index in [4.69, 9.17) is 0 Å². The molecule has 6 heteroatoms. The molecule has 0 atom stereocenters. The quantitative estimate of drug-likeness (QED) is 0.758. The minimum atomic E-state index is -0.744. The summed E-state index contributed by atoms with van der Waals surface area (Å²) in [5.74, 6) is -0.987. The summed E-state index contributed by atoms with van der Waals surface area (Å²) < 4.78 is 0. The first-order valence-corrected chi connectivity index (χ1v) is 6.32. The van der Waals surface area contributed by atoms with E-state index in [1.807, 2.05) is 0 Å².